The normalized spacial score (nSPS) is 20.4. The minimum atomic E-state index is -3.57. The van der Waals surface area contributed by atoms with Gasteiger partial charge in [0.2, 0.25) is 15.9 Å². The van der Waals surface area contributed by atoms with Gasteiger partial charge in [-0.05, 0) is 30.5 Å². The van der Waals surface area contributed by atoms with Crippen LogP contribution in [0.5, 0.6) is 5.75 Å². The second-order valence-corrected chi connectivity index (χ2v) is 7.70. The molecule has 0 aliphatic heterocycles. The molecule has 7 heteroatoms. The van der Waals surface area contributed by atoms with Crippen LogP contribution in [0.1, 0.15) is 27.2 Å². The molecule has 1 N–H and O–H groups in total. The minimum absolute atomic E-state index is 0.00255. The fourth-order valence-corrected chi connectivity index (χ4v) is 4.06. The molecule has 6 nitrogen and oxygen atoms in total. The van der Waals surface area contributed by atoms with E-state index in [2.05, 4.69) is 5.32 Å². The lowest BCUT2D eigenvalue weighted by molar-refractivity contribution is -0.117. The highest BCUT2D eigenvalue weighted by molar-refractivity contribution is 7.89. The Labute approximate surface area is 137 Å². The molecule has 128 valence electrons. The summed E-state index contributed by atoms with van der Waals surface area (Å²) in [5.41, 5.74) is 0.393. The lowest BCUT2D eigenvalue weighted by atomic mass is 10.2. The molecular formula is C16H24N2O4S. The fourth-order valence-electron chi connectivity index (χ4n) is 2.57. The first-order valence-corrected chi connectivity index (χ1v) is 9.28. The standard InChI is InChI=1S/C16H24N2O4S/c1-5-18(6-2)23(20,21)12-7-8-15(22-4)14(10-12)17-16(19)13-9-11(13)3/h7-8,10-11,13H,5-6,9H2,1-4H3,(H,17,19)/t11-,13-/m0/s1. The van der Waals surface area contributed by atoms with Gasteiger partial charge in [-0.3, -0.25) is 4.79 Å². The second kappa shape index (κ2) is 6.88. The van der Waals surface area contributed by atoms with E-state index in [0.717, 1.165) is 6.42 Å². The molecule has 1 amide bonds. The van der Waals surface area contributed by atoms with Crippen molar-refractivity contribution in [2.24, 2.45) is 11.8 Å². The zero-order valence-corrected chi connectivity index (χ0v) is 14.8. The third-order valence-electron chi connectivity index (χ3n) is 4.22. The molecule has 1 aromatic rings. The number of amides is 1. The number of carbonyl (C=O) groups excluding carboxylic acids is 1. The zero-order chi connectivity index (χ0) is 17.2. The van der Waals surface area contributed by atoms with Gasteiger partial charge in [0.1, 0.15) is 5.75 Å². The molecular weight excluding hydrogens is 316 g/mol. The van der Waals surface area contributed by atoms with Gasteiger partial charge in [-0.15, -0.1) is 0 Å². The molecule has 1 fully saturated rings. The number of nitrogens with zero attached hydrogens (tertiary/aromatic N) is 1. The smallest absolute Gasteiger partial charge is 0.243 e. The Balaban J connectivity index is 2.33. The first-order chi connectivity index (χ1) is 10.8. The zero-order valence-electron chi connectivity index (χ0n) is 14.0. The molecule has 1 aliphatic carbocycles. The van der Waals surface area contributed by atoms with Crippen LogP contribution in [0.2, 0.25) is 0 Å². The van der Waals surface area contributed by atoms with Crippen molar-refractivity contribution in [2.75, 3.05) is 25.5 Å². The number of sulfonamides is 1. The van der Waals surface area contributed by atoms with Gasteiger partial charge in [0.15, 0.2) is 0 Å². The van der Waals surface area contributed by atoms with Crippen LogP contribution in [-0.2, 0) is 14.8 Å². The number of nitrogens with one attached hydrogen (secondary N) is 1. The number of carbonyl (C=O) groups is 1. The van der Waals surface area contributed by atoms with Crippen LogP contribution in [0.4, 0.5) is 5.69 Å². The average Bonchev–Trinajstić information content (AvgIpc) is 3.25. The Morgan fingerprint density at radius 3 is 2.43 bits per heavy atom. The Morgan fingerprint density at radius 1 is 1.35 bits per heavy atom. The monoisotopic (exact) mass is 340 g/mol. The van der Waals surface area contributed by atoms with E-state index in [0.29, 0.717) is 30.4 Å². The van der Waals surface area contributed by atoms with Crippen LogP contribution in [0.25, 0.3) is 0 Å². The summed E-state index contributed by atoms with van der Waals surface area (Å²) in [5.74, 6) is 0.740. The van der Waals surface area contributed by atoms with Gasteiger partial charge in [0, 0.05) is 19.0 Å². The van der Waals surface area contributed by atoms with E-state index in [1.165, 1.54) is 23.5 Å². The van der Waals surface area contributed by atoms with Crippen LogP contribution in [0, 0.1) is 11.8 Å². The molecule has 2 atom stereocenters. The van der Waals surface area contributed by atoms with E-state index in [1.54, 1.807) is 19.9 Å². The fraction of sp³-hybridized carbons (Fsp3) is 0.562. The number of methoxy groups -OCH3 is 1. The molecule has 0 unspecified atom stereocenters. The Kier molecular flexibility index (Phi) is 5.31. The van der Waals surface area contributed by atoms with Crippen molar-refractivity contribution in [1.82, 2.24) is 4.31 Å². The molecule has 0 bridgehead atoms. The maximum atomic E-state index is 12.6. The van der Waals surface area contributed by atoms with E-state index >= 15 is 0 Å². The van der Waals surface area contributed by atoms with E-state index < -0.39 is 10.0 Å². The molecule has 1 aliphatic rings. The summed E-state index contributed by atoms with van der Waals surface area (Å²) in [7, 11) is -2.08. The molecule has 0 radical (unpaired) electrons. The summed E-state index contributed by atoms with van der Waals surface area (Å²) >= 11 is 0. The summed E-state index contributed by atoms with van der Waals surface area (Å²) in [6.07, 6.45) is 0.867. The quantitative estimate of drug-likeness (QED) is 0.826. The van der Waals surface area contributed by atoms with Gasteiger partial charge in [0.05, 0.1) is 17.7 Å². The first kappa shape index (κ1) is 17.7. The molecule has 2 rings (SSSR count). The third-order valence-corrected chi connectivity index (χ3v) is 6.26. The average molecular weight is 340 g/mol. The van der Waals surface area contributed by atoms with Crippen molar-refractivity contribution >= 4 is 21.6 Å². The predicted molar refractivity (Wildman–Crippen MR) is 89.0 cm³/mol. The Bertz CT molecular complexity index is 683. The lowest BCUT2D eigenvalue weighted by Gasteiger charge is -2.19. The van der Waals surface area contributed by atoms with Crippen molar-refractivity contribution in [3.63, 3.8) is 0 Å². The number of hydrogen-bond acceptors (Lipinski definition) is 4. The van der Waals surface area contributed by atoms with Crippen LogP contribution in [-0.4, -0.2) is 38.8 Å². The van der Waals surface area contributed by atoms with E-state index in [1.807, 2.05) is 6.92 Å². The van der Waals surface area contributed by atoms with Crippen molar-refractivity contribution < 1.29 is 17.9 Å². The van der Waals surface area contributed by atoms with Gasteiger partial charge < -0.3 is 10.1 Å². The SMILES string of the molecule is CCN(CC)S(=O)(=O)c1ccc(OC)c(NC(=O)[C@H]2C[C@@H]2C)c1. The third kappa shape index (κ3) is 3.67. The summed E-state index contributed by atoms with van der Waals surface area (Å²) in [6.45, 7) is 6.39. The highest BCUT2D eigenvalue weighted by Gasteiger charge is 2.39. The molecule has 1 aromatic carbocycles. The first-order valence-electron chi connectivity index (χ1n) is 7.84. The van der Waals surface area contributed by atoms with Gasteiger partial charge in [-0.25, -0.2) is 8.42 Å². The molecule has 0 spiro atoms. The Hall–Kier alpha value is -1.60. The highest BCUT2D eigenvalue weighted by Crippen LogP contribution is 2.39. The number of benzene rings is 1. The van der Waals surface area contributed by atoms with Crippen molar-refractivity contribution in [1.29, 1.82) is 0 Å². The van der Waals surface area contributed by atoms with Crippen molar-refractivity contribution in [3.05, 3.63) is 18.2 Å². The molecule has 0 heterocycles. The minimum Gasteiger partial charge on any atom is -0.495 e. The number of ether oxygens (including phenoxy) is 1. The number of rotatable bonds is 7. The maximum absolute atomic E-state index is 12.6. The van der Waals surface area contributed by atoms with Crippen LogP contribution in [0.3, 0.4) is 0 Å². The number of anilines is 1. The van der Waals surface area contributed by atoms with E-state index in [4.69, 9.17) is 4.74 Å². The van der Waals surface area contributed by atoms with E-state index in [9.17, 15) is 13.2 Å². The predicted octanol–water partition coefficient (Wildman–Crippen LogP) is 2.32. The van der Waals surface area contributed by atoms with Gasteiger partial charge >= 0.3 is 0 Å². The van der Waals surface area contributed by atoms with Gasteiger partial charge in [-0.2, -0.15) is 4.31 Å². The second-order valence-electron chi connectivity index (χ2n) is 5.76. The topological polar surface area (TPSA) is 75.7 Å². The van der Waals surface area contributed by atoms with Crippen LogP contribution < -0.4 is 10.1 Å². The lowest BCUT2D eigenvalue weighted by Crippen LogP contribution is -2.30. The molecule has 0 aromatic heterocycles. The summed E-state index contributed by atoms with van der Waals surface area (Å²) < 4.78 is 31.8. The number of hydrogen-bond donors (Lipinski definition) is 1. The Morgan fingerprint density at radius 2 is 1.96 bits per heavy atom. The van der Waals surface area contributed by atoms with Crippen LogP contribution in [0.15, 0.2) is 23.1 Å². The van der Waals surface area contributed by atoms with Crippen molar-refractivity contribution in [3.8, 4) is 5.75 Å². The molecule has 0 saturated heterocycles. The van der Waals surface area contributed by atoms with Gasteiger partial charge in [-0.1, -0.05) is 20.8 Å². The van der Waals surface area contributed by atoms with Crippen molar-refractivity contribution in [2.45, 2.75) is 32.1 Å². The summed E-state index contributed by atoms with van der Waals surface area (Å²) in [4.78, 5) is 12.3. The van der Waals surface area contributed by atoms with Crippen LogP contribution >= 0.6 is 0 Å². The highest BCUT2D eigenvalue weighted by atomic mass is 32.2. The van der Waals surface area contributed by atoms with Gasteiger partial charge in [0.25, 0.3) is 0 Å². The van der Waals surface area contributed by atoms with E-state index in [-0.39, 0.29) is 16.7 Å². The maximum Gasteiger partial charge on any atom is 0.243 e. The molecule has 1 saturated carbocycles. The largest absolute Gasteiger partial charge is 0.495 e. The summed E-state index contributed by atoms with van der Waals surface area (Å²) in [5, 5.41) is 2.79. The molecule has 23 heavy (non-hydrogen) atoms. The summed E-state index contributed by atoms with van der Waals surface area (Å²) in [6, 6.07) is 4.54.